The van der Waals surface area contributed by atoms with Gasteiger partial charge in [-0.05, 0) is 43.1 Å². The average Bonchev–Trinajstić information content (AvgIpc) is 2.62. The number of hydrogen-bond donors (Lipinski definition) is 1. The molecule has 3 unspecified atom stereocenters. The second-order valence-electron chi connectivity index (χ2n) is 4.62. The van der Waals surface area contributed by atoms with Crippen LogP contribution in [-0.2, 0) is 0 Å². The highest BCUT2D eigenvalue weighted by Gasteiger charge is 2.43. The summed E-state index contributed by atoms with van der Waals surface area (Å²) in [6.07, 6.45) is 3.18. The van der Waals surface area contributed by atoms with Crippen LogP contribution in [0.3, 0.4) is 0 Å². The summed E-state index contributed by atoms with van der Waals surface area (Å²) in [5.41, 5.74) is -0.437. The Hall–Kier alpha value is -0.200. The van der Waals surface area contributed by atoms with Crippen molar-refractivity contribution in [1.82, 2.24) is 0 Å². The monoisotopic (exact) mass is 227 g/mol. The van der Waals surface area contributed by atoms with Crippen LogP contribution < -0.4 is 0 Å². The Morgan fingerprint density at radius 3 is 2.87 bits per heavy atom. The van der Waals surface area contributed by atoms with Crippen LogP contribution in [0.2, 0.25) is 0 Å². The van der Waals surface area contributed by atoms with E-state index in [1.165, 1.54) is 0 Å². The lowest BCUT2D eigenvalue weighted by atomic mass is 9.80. The van der Waals surface area contributed by atoms with Gasteiger partial charge < -0.3 is 5.11 Å². The fourth-order valence-electron chi connectivity index (χ4n) is 2.42. The molecule has 1 rings (SSSR count). The van der Waals surface area contributed by atoms with E-state index in [2.05, 4.69) is 19.9 Å². The molecule has 1 aliphatic rings. The van der Waals surface area contributed by atoms with Crippen molar-refractivity contribution in [2.75, 3.05) is 11.5 Å². The molecule has 15 heavy (non-hydrogen) atoms. The molecule has 1 fully saturated rings. The molecule has 3 heteroatoms. The van der Waals surface area contributed by atoms with Gasteiger partial charge in [-0.15, -0.1) is 0 Å². The third-order valence-electron chi connectivity index (χ3n) is 3.40. The minimum absolute atomic E-state index is 0.425. The number of thioether (sulfide) groups is 1. The number of rotatable bonds is 5. The maximum Gasteiger partial charge on any atom is 0.0835 e. The van der Waals surface area contributed by atoms with E-state index in [1.54, 1.807) is 0 Å². The summed E-state index contributed by atoms with van der Waals surface area (Å²) in [5, 5.41) is 19.4. The van der Waals surface area contributed by atoms with Crippen molar-refractivity contribution in [3.8, 4) is 6.07 Å². The molecule has 0 aromatic carbocycles. The molecule has 1 N–H and O–H groups in total. The number of nitriles is 1. The van der Waals surface area contributed by atoms with E-state index in [9.17, 15) is 10.4 Å². The Kier molecular flexibility index (Phi) is 4.95. The van der Waals surface area contributed by atoms with Gasteiger partial charge in [-0.3, -0.25) is 0 Å². The molecule has 2 nitrogen and oxygen atoms in total. The summed E-state index contributed by atoms with van der Waals surface area (Å²) in [6.45, 7) is 4.29. The van der Waals surface area contributed by atoms with Gasteiger partial charge in [0.05, 0.1) is 17.6 Å². The minimum atomic E-state index is -0.437. The molecule has 0 aliphatic heterocycles. The lowest BCUT2D eigenvalue weighted by molar-refractivity contribution is 0.0631. The summed E-state index contributed by atoms with van der Waals surface area (Å²) in [7, 11) is 0. The average molecular weight is 227 g/mol. The molecule has 86 valence electrons. The quantitative estimate of drug-likeness (QED) is 0.734. The normalized spacial score (nSPS) is 32.5. The van der Waals surface area contributed by atoms with Crippen LogP contribution in [0.1, 0.15) is 39.5 Å². The molecule has 0 aromatic heterocycles. The molecule has 0 radical (unpaired) electrons. The predicted molar refractivity (Wildman–Crippen MR) is 64.7 cm³/mol. The zero-order chi connectivity index (χ0) is 11.3. The fraction of sp³-hybridized carbons (Fsp3) is 0.917. The Bertz CT molecular complexity index is 238. The molecular weight excluding hydrogens is 206 g/mol. The van der Waals surface area contributed by atoms with E-state index in [0.29, 0.717) is 5.92 Å². The Labute approximate surface area is 97.1 Å². The Morgan fingerprint density at radius 1 is 1.67 bits per heavy atom. The van der Waals surface area contributed by atoms with Crippen LogP contribution in [0.25, 0.3) is 0 Å². The van der Waals surface area contributed by atoms with Crippen molar-refractivity contribution >= 4 is 11.8 Å². The summed E-state index contributed by atoms with van der Waals surface area (Å²) >= 11 is 1.84. The fourth-order valence-corrected chi connectivity index (χ4v) is 3.10. The van der Waals surface area contributed by atoms with Crippen LogP contribution >= 0.6 is 11.8 Å². The van der Waals surface area contributed by atoms with E-state index in [1.807, 2.05) is 11.8 Å². The minimum Gasteiger partial charge on any atom is -0.391 e. The zero-order valence-electron chi connectivity index (χ0n) is 9.70. The molecule has 3 atom stereocenters. The van der Waals surface area contributed by atoms with E-state index < -0.39 is 11.5 Å². The molecule has 1 saturated carbocycles. The predicted octanol–water partition coefficient (Wildman–Crippen LogP) is 2.82. The summed E-state index contributed by atoms with van der Waals surface area (Å²) in [5.74, 6) is 2.65. The SMILES string of the molecule is CCSCCC(O)C1(C#N)CCC(C)C1. The van der Waals surface area contributed by atoms with Gasteiger partial charge in [0.1, 0.15) is 0 Å². The summed E-state index contributed by atoms with van der Waals surface area (Å²) < 4.78 is 0. The van der Waals surface area contributed by atoms with E-state index >= 15 is 0 Å². The van der Waals surface area contributed by atoms with Crippen molar-refractivity contribution in [2.45, 2.75) is 45.6 Å². The first-order valence-electron chi connectivity index (χ1n) is 5.81. The Balaban J connectivity index is 2.48. The first-order valence-corrected chi connectivity index (χ1v) is 6.97. The highest BCUT2D eigenvalue weighted by molar-refractivity contribution is 7.99. The largest absolute Gasteiger partial charge is 0.391 e. The molecule has 0 aromatic rings. The van der Waals surface area contributed by atoms with Gasteiger partial charge in [-0.1, -0.05) is 13.8 Å². The third-order valence-corrected chi connectivity index (χ3v) is 4.33. The number of aliphatic hydroxyl groups is 1. The standard InChI is InChI=1S/C12H21NOS/c1-3-15-7-5-11(14)12(9-13)6-4-10(2)8-12/h10-11,14H,3-8H2,1-2H3. The molecule has 0 heterocycles. The zero-order valence-corrected chi connectivity index (χ0v) is 10.5. The third kappa shape index (κ3) is 3.12. The first-order chi connectivity index (χ1) is 7.14. The Morgan fingerprint density at radius 2 is 2.40 bits per heavy atom. The lowest BCUT2D eigenvalue weighted by Gasteiger charge is -2.27. The smallest absolute Gasteiger partial charge is 0.0835 e. The van der Waals surface area contributed by atoms with Gasteiger partial charge in [0, 0.05) is 0 Å². The highest BCUT2D eigenvalue weighted by Crippen LogP contribution is 2.44. The summed E-state index contributed by atoms with van der Waals surface area (Å²) in [4.78, 5) is 0. The van der Waals surface area contributed by atoms with Crippen molar-refractivity contribution in [3.63, 3.8) is 0 Å². The van der Waals surface area contributed by atoms with E-state index in [4.69, 9.17) is 0 Å². The van der Waals surface area contributed by atoms with Gasteiger partial charge in [0.2, 0.25) is 0 Å². The van der Waals surface area contributed by atoms with Gasteiger partial charge in [0.15, 0.2) is 0 Å². The van der Waals surface area contributed by atoms with Crippen LogP contribution in [0, 0.1) is 22.7 Å². The lowest BCUT2D eigenvalue weighted by Crippen LogP contribution is -2.32. The molecule has 0 saturated heterocycles. The van der Waals surface area contributed by atoms with Crippen LogP contribution in [-0.4, -0.2) is 22.7 Å². The molecule has 0 bridgehead atoms. The maximum absolute atomic E-state index is 10.1. The second kappa shape index (κ2) is 5.77. The molecular formula is C12H21NOS. The molecule has 0 amide bonds. The van der Waals surface area contributed by atoms with E-state index in [-0.39, 0.29) is 0 Å². The van der Waals surface area contributed by atoms with Gasteiger partial charge in [-0.2, -0.15) is 17.0 Å². The topological polar surface area (TPSA) is 44.0 Å². The van der Waals surface area contributed by atoms with Crippen LogP contribution in [0.15, 0.2) is 0 Å². The van der Waals surface area contributed by atoms with Crippen LogP contribution in [0.5, 0.6) is 0 Å². The van der Waals surface area contributed by atoms with Gasteiger partial charge in [-0.25, -0.2) is 0 Å². The number of hydrogen-bond acceptors (Lipinski definition) is 3. The van der Waals surface area contributed by atoms with Crippen LogP contribution in [0.4, 0.5) is 0 Å². The van der Waals surface area contributed by atoms with E-state index in [0.717, 1.165) is 37.2 Å². The molecule has 1 aliphatic carbocycles. The van der Waals surface area contributed by atoms with Crippen molar-refractivity contribution in [3.05, 3.63) is 0 Å². The second-order valence-corrected chi connectivity index (χ2v) is 6.01. The van der Waals surface area contributed by atoms with Crippen molar-refractivity contribution < 1.29 is 5.11 Å². The maximum atomic E-state index is 10.1. The first kappa shape index (κ1) is 12.9. The number of nitrogens with zero attached hydrogens (tertiary/aromatic N) is 1. The summed E-state index contributed by atoms with van der Waals surface area (Å²) in [6, 6.07) is 2.38. The highest BCUT2D eigenvalue weighted by atomic mass is 32.2. The van der Waals surface area contributed by atoms with Crippen molar-refractivity contribution in [1.29, 1.82) is 5.26 Å². The molecule has 0 spiro atoms. The number of aliphatic hydroxyl groups excluding tert-OH is 1. The van der Waals surface area contributed by atoms with Crippen molar-refractivity contribution in [2.24, 2.45) is 11.3 Å². The van der Waals surface area contributed by atoms with Gasteiger partial charge in [0.25, 0.3) is 0 Å². The van der Waals surface area contributed by atoms with Gasteiger partial charge >= 0.3 is 0 Å².